The molecule has 1 aromatic carbocycles. The maximum absolute atomic E-state index is 5.66. The van der Waals surface area contributed by atoms with Crippen LogP contribution in [0.2, 0.25) is 0 Å². The molecule has 4 heteroatoms. The second kappa shape index (κ2) is 5.35. The number of methoxy groups -OCH3 is 1. The smallest absolute Gasteiger partial charge is 0.119 e. The maximum Gasteiger partial charge on any atom is 0.119 e. The van der Waals surface area contributed by atoms with Crippen molar-refractivity contribution in [2.45, 2.75) is 13.0 Å². The van der Waals surface area contributed by atoms with E-state index in [4.69, 9.17) is 10.5 Å². The van der Waals surface area contributed by atoms with Crippen LogP contribution in [0.15, 0.2) is 48.8 Å². The molecule has 20 heavy (non-hydrogen) atoms. The molecule has 3 rings (SSSR count). The topological polar surface area (TPSA) is 52.5 Å². The third-order valence-corrected chi connectivity index (χ3v) is 3.41. The van der Waals surface area contributed by atoms with Crippen LogP contribution in [0.3, 0.4) is 0 Å². The summed E-state index contributed by atoms with van der Waals surface area (Å²) in [6.07, 6.45) is 4.68. The van der Waals surface area contributed by atoms with Gasteiger partial charge in [0, 0.05) is 19.2 Å². The number of aromatic nitrogens is 2. The SMILES string of the molecule is COc1cccc(Cc2ncc3cc(CN)ccn23)c1. The van der Waals surface area contributed by atoms with Crippen molar-refractivity contribution in [1.82, 2.24) is 9.38 Å². The standard InChI is InChI=1S/C16H17N3O/c1-20-15-4-2-3-12(8-15)9-16-18-11-14-7-13(10-17)5-6-19(14)16/h2-8,11H,9-10,17H2,1H3. The molecule has 2 heterocycles. The Morgan fingerprint density at radius 2 is 2.10 bits per heavy atom. The molecule has 0 aliphatic heterocycles. The minimum atomic E-state index is 0.549. The van der Waals surface area contributed by atoms with Gasteiger partial charge in [0.05, 0.1) is 18.8 Å². The van der Waals surface area contributed by atoms with Gasteiger partial charge in [-0.25, -0.2) is 4.98 Å². The predicted octanol–water partition coefficient (Wildman–Crippen LogP) is 2.39. The molecule has 0 saturated heterocycles. The van der Waals surface area contributed by atoms with Crippen LogP contribution < -0.4 is 10.5 Å². The average molecular weight is 267 g/mol. The molecule has 2 N–H and O–H groups in total. The Balaban J connectivity index is 1.94. The first-order chi connectivity index (χ1) is 9.80. The van der Waals surface area contributed by atoms with Crippen LogP contribution in [0.4, 0.5) is 0 Å². The van der Waals surface area contributed by atoms with E-state index in [2.05, 4.69) is 21.5 Å². The molecular formula is C16H17N3O. The second-order valence-corrected chi connectivity index (χ2v) is 4.74. The number of fused-ring (bicyclic) bond motifs is 1. The number of pyridine rings is 1. The van der Waals surface area contributed by atoms with Crippen LogP contribution in [0, 0.1) is 0 Å². The van der Waals surface area contributed by atoms with Crippen LogP contribution in [0.5, 0.6) is 5.75 Å². The fourth-order valence-corrected chi connectivity index (χ4v) is 2.32. The highest BCUT2D eigenvalue weighted by Gasteiger charge is 2.06. The van der Waals surface area contributed by atoms with Crippen molar-refractivity contribution < 1.29 is 4.74 Å². The number of imidazole rings is 1. The Morgan fingerprint density at radius 1 is 1.20 bits per heavy atom. The summed E-state index contributed by atoms with van der Waals surface area (Å²) in [5.41, 5.74) is 9.03. The maximum atomic E-state index is 5.66. The molecule has 0 unspecified atom stereocenters. The molecule has 0 saturated carbocycles. The summed E-state index contributed by atoms with van der Waals surface area (Å²) in [4.78, 5) is 4.50. The van der Waals surface area contributed by atoms with Crippen LogP contribution in [0.1, 0.15) is 17.0 Å². The minimum absolute atomic E-state index is 0.549. The average Bonchev–Trinajstić information content (AvgIpc) is 2.89. The summed E-state index contributed by atoms with van der Waals surface area (Å²) in [6, 6.07) is 12.2. The second-order valence-electron chi connectivity index (χ2n) is 4.74. The molecule has 102 valence electrons. The van der Waals surface area contributed by atoms with Crippen molar-refractivity contribution in [3.05, 3.63) is 65.7 Å². The van der Waals surface area contributed by atoms with Gasteiger partial charge in [0.15, 0.2) is 0 Å². The number of rotatable bonds is 4. The molecule has 0 amide bonds. The highest BCUT2D eigenvalue weighted by atomic mass is 16.5. The highest BCUT2D eigenvalue weighted by molar-refractivity contribution is 5.49. The quantitative estimate of drug-likeness (QED) is 0.789. The zero-order valence-electron chi connectivity index (χ0n) is 11.4. The lowest BCUT2D eigenvalue weighted by Gasteiger charge is -2.05. The molecule has 0 radical (unpaired) electrons. The Hall–Kier alpha value is -2.33. The van der Waals surface area contributed by atoms with Crippen molar-refractivity contribution >= 4 is 5.52 Å². The molecule has 0 spiro atoms. The van der Waals surface area contributed by atoms with E-state index in [1.807, 2.05) is 36.7 Å². The molecule has 3 aromatic rings. The van der Waals surface area contributed by atoms with E-state index in [9.17, 15) is 0 Å². The fraction of sp³-hybridized carbons (Fsp3) is 0.188. The summed E-state index contributed by atoms with van der Waals surface area (Å²) in [5.74, 6) is 1.88. The highest BCUT2D eigenvalue weighted by Crippen LogP contribution is 2.17. The lowest BCUT2D eigenvalue weighted by molar-refractivity contribution is 0.414. The minimum Gasteiger partial charge on any atom is -0.497 e. The van der Waals surface area contributed by atoms with Gasteiger partial charge in [-0.05, 0) is 35.4 Å². The summed E-state index contributed by atoms with van der Waals surface area (Å²) >= 11 is 0. The van der Waals surface area contributed by atoms with Gasteiger partial charge in [-0.2, -0.15) is 0 Å². The van der Waals surface area contributed by atoms with Gasteiger partial charge in [-0.3, -0.25) is 0 Å². The third kappa shape index (κ3) is 2.38. The van der Waals surface area contributed by atoms with Gasteiger partial charge in [-0.15, -0.1) is 0 Å². The largest absolute Gasteiger partial charge is 0.497 e. The van der Waals surface area contributed by atoms with Gasteiger partial charge in [-0.1, -0.05) is 12.1 Å². The monoisotopic (exact) mass is 267 g/mol. The molecule has 0 aliphatic rings. The normalized spacial score (nSPS) is 10.9. The van der Waals surface area contributed by atoms with Crippen LogP contribution in [0.25, 0.3) is 5.52 Å². The number of nitrogens with zero attached hydrogens (tertiary/aromatic N) is 2. The van der Waals surface area contributed by atoms with Gasteiger partial charge in [0.1, 0.15) is 11.6 Å². The number of nitrogens with two attached hydrogens (primary N) is 1. The number of hydrogen-bond acceptors (Lipinski definition) is 3. The predicted molar refractivity (Wildman–Crippen MR) is 78.9 cm³/mol. The van der Waals surface area contributed by atoms with Crippen LogP contribution in [-0.2, 0) is 13.0 Å². The first-order valence-electron chi connectivity index (χ1n) is 6.58. The summed E-state index contributed by atoms with van der Waals surface area (Å²) in [6.45, 7) is 0.549. The van der Waals surface area contributed by atoms with Crippen molar-refractivity contribution in [3.63, 3.8) is 0 Å². The zero-order valence-corrected chi connectivity index (χ0v) is 11.4. The molecule has 0 atom stereocenters. The Labute approximate surface area is 117 Å². The Morgan fingerprint density at radius 3 is 2.90 bits per heavy atom. The Kier molecular flexibility index (Phi) is 3.39. The molecule has 0 aliphatic carbocycles. The lowest BCUT2D eigenvalue weighted by atomic mass is 10.1. The number of benzene rings is 1. The molecule has 0 bridgehead atoms. The van der Waals surface area contributed by atoms with Gasteiger partial charge in [0.2, 0.25) is 0 Å². The first kappa shape index (κ1) is 12.7. The van der Waals surface area contributed by atoms with Crippen molar-refractivity contribution in [2.24, 2.45) is 5.73 Å². The van der Waals surface area contributed by atoms with E-state index >= 15 is 0 Å². The molecule has 4 nitrogen and oxygen atoms in total. The van der Waals surface area contributed by atoms with Crippen LogP contribution >= 0.6 is 0 Å². The van der Waals surface area contributed by atoms with E-state index < -0.39 is 0 Å². The summed E-state index contributed by atoms with van der Waals surface area (Å²) in [5, 5.41) is 0. The molecule has 2 aromatic heterocycles. The molecular weight excluding hydrogens is 250 g/mol. The van der Waals surface area contributed by atoms with Crippen molar-refractivity contribution in [1.29, 1.82) is 0 Å². The fourth-order valence-electron chi connectivity index (χ4n) is 2.32. The van der Waals surface area contributed by atoms with E-state index in [-0.39, 0.29) is 0 Å². The summed E-state index contributed by atoms with van der Waals surface area (Å²) < 4.78 is 7.35. The number of hydrogen-bond donors (Lipinski definition) is 1. The van der Waals surface area contributed by atoms with E-state index in [0.717, 1.165) is 29.1 Å². The van der Waals surface area contributed by atoms with Gasteiger partial charge < -0.3 is 14.9 Å². The zero-order chi connectivity index (χ0) is 13.9. The van der Waals surface area contributed by atoms with Crippen molar-refractivity contribution in [3.8, 4) is 5.75 Å². The third-order valence-electron chi connectivity index (χ3n) is 3.41. The van der Waals surface area contributed by atoms with Crippen molar-refractivity contribution in [2.75, 3.05) is 7.11 Å². The lowest BCUT2D eigenvalue weighted by Crippen LogP contribution is -2.00. The molecule has 0 fully saturated rings. The van der Waals surface area contributed by atoms with Gasteiger partial charge in [0.25, 0.3) is 0 Å². The van der Waals surface area contributed by atoms with E-state index in [0.29, 0.717) is 6.54 Å². The summed E-state index contributed by atoms with van der Waals surface area (Å²) in [7, 11) is 1.68. The van der Waals surface area contributed by atoms with E-state index in [1.165, 1.54) is 5.56 Å². The van der Waals surface area contributed by atoms with E-state index in [1.54, 1.807) is 7.11 Å². The van der Waals surface area contributed by atoms with Crippen LogP contribution in [-0.4, -0.2) is 16.5 Å². The Bertz CT molecular complexity index is 733. The first-order valence-corrected chi connectivity index (χ1v) is 6.58. The van der Waals surface area contributed by atoms with Gasteiger partial charge >= 0.3 is 0 Å². The number of ether oxygens (including phenoxy) is 1.